The van der Waals surface area contributed by atoms with E-state index in [4.69, 9.17) is 0 Å². The molecular formula is C12H14. The van der Waals surface area contributed by atoms with Crippen LogP contribution in [0.4, 0.5) is 0 Å². The van der Waals surface area contributed by atoms with Crippen molar-refractivity contribution in [2.24, 2.45) is 0 Å². The van der Waals surface area contributed by atoms with Crippen molar-refractivity contribution < 1.29 is 0 Å². The van der Waals surface area contributed by atoms with Crippen molar-refractivity contribution in [1.82, 2.24) is 0 Å². The van der Waals surface area contributed by atoms with Crippen molar-refractivity contribution in [3.8, 4) is 0 Å². The minimum Gasteiger partial charge on any atom is -0.137 e. The highest BCUT2D eigenvalue weighted by molar-refractivity contribution is 5.60. The second-order valence-corrected chi connectivity index (χ2v) is 2.40. The van der Waals surface area contributed by atoms with Crippen LogP contribution in [0, 0.1) is 0 Å². The van der Waals surface area contributed by atoms with Gasteiger partial charge in [-0.05, 0) is 12.5 Å². The van der Waals surface area contributed by atoms with Gasteiger partial charge in [0.05, 0.1) is 0 Å². The number of hydrogen-bond acceptors (Lipinski definition) is 0. The van der Waals surface area contributed by atoms with E-state index in [0.717, 1.165) is 5.57 Å². The van der Waals surface area contributed by atoms with Gasteiger partial charge in [0.2, 0.25) is 0 Å². The van der Waals surface area contributed by atoms with Gasteiger partial charge >= 0.3 is 0 Å². The first-order valence-corrected chi connectivity index (χ1v) is 3.72. The zero-order chi connectivity index (χ0) is 9.40. The van der Waals surface area contributed by atoms with Crippen LogP contribution in [0.1, 0.15) is 12.5 Å². The molecule has 0 radical (unpaired) electrons. The molecule has 0 heteroatoms. The first-order chi connectivity index (χ1) is 5.72. The second-order valence-electron chi connectivity index (χ2n) is 2.40. The fourth-order valence-electron chi connectivity index (χ4n) is 0.723. The van der Waals surface area contributed by atoms with Crippen LogP contribution < -0.4 is 0 Å². The van der Waals surface area contributed by atoms with Gasteiger partial charge in [0.25, 0.3) is 0 Å². The van der Waals surface area contributed by atoms with Crippen LogP contribution in [-0.4, -0.2) is 0 Å². The average Bonchev–Trinajstić information content (AvgIpc) is 2.07. The Hall–Kier alpha value is -1.52. The molecule has 0 amide bonds. The molecule has 1 rings (SSSR count). The summed E-state index contributed by atoms with van der Waals surface area (Å²) in [4.78, 5) is 0. The Morgan fingerprint density at radius 2 is 1.58 bits per heavy atom. The van der Waals surface area contributed by atoms with E-state index in [2.05, 4.69) is 37.6 Å². The molecule has 1 aromatic rings. The maximum Gasteiger partial charge on any atom is -0.0233 e. The van der Waals surface area contributed by atoms with Crippen molar-refractivity contribution in [3.63, 3.8) is 0 Å². The standard InChI is InChI=1S/C9H10.C3H4/c1-8(2)9-6-4-3-5-7-9;1-3-2/h3-7H,1H2,2H3;1-2H2. The molecule has 0 spiro atoms. The van der Waals surface area contributed by atoms with Crippen LogP contribution in [0.3, 0.4) is 0 Å². The maximum atomic E-state index is 3.83. The van der Waals surface area contributed by atoms with E-state index in [-0.39, 0.29) is 0 Å². The fraction of sp³-hybridized carbons (Fsp3) is 0.0833. The molecule has 0 nitrogen and oxygen atoms in total. The fourth-order valence-corrected chi connectivity index (χ4v) is 0.723. The van der Waals surface area contributed by atoms with Gasteiger partial charge in [-0.25, -0.2) is 0 Å². The summed E-state index contributed by atoms with van der Waals surface area (Å²) in [5.41, 5.74) is 4.59. The first-order valence-electron chi connectivity index (χ1n) is 3.72. The van der Waals surface area contributed by atoms with Gasteiger partial charge in [-0.1, -0.05) is 55.6 Å². The Morgan fingerprint density at radius 1 is 1.17 bits per heavy atom. The van der Waals surface area contributed by atoms with Crippen LogP contribution >= 0.6 is 0 Å². The highest BCUT2D eigenvalue weighted by atomic mass is 13.9. The average molecular weight is 158 g/mol. The highest BCUT2D eigenvalue weighted by Gasteiger charge is 1.86. The van der Waals surface area contributed by atoms with Gasteiger partial charge in [0.1, 0.15) is 0 Å². The molecule has 0 unspecified atom stereocenters. The summed E-state index contributed by atoms with van der Waals surface area (Å²) in [6.07, 6.45) is 0. The lowest BCUT2D eigenvalue weighted by molar-refractivity contribution is 1.58. The van der Waals surface area contributed by atoms with Gasteiger partial charge < -0.3 is 0 Å². The maximum absolute atomic E-state index is 3.83. The summed E-state index contributed by atoms with van der Waals surface area (Å²) in [7, 11) is 0. The largest absolute Gasteiger partial charge is 0.137 e. The third-order valence-electron chi connectivity index (χ3n) is 1.27. The van der Waals surface area contributed by atoms with Gasteiger partial charge in [0, 0.05) is 0 Å². The number of rotatable bonds is 1. The molecule has 0 fully saturated rings. The Bertz CT molecular complexity index is 261. The smallest absolute Gasteiger partial charge is 0.0233 e. The molecule has 0 bridgehead atoms. The van der Waals surface area contributed by atoms with Crippen LogP contribution in [-0.2, 0) is 0 Å². The Labute approximate surface area is 74.6 Å². The minimum atomic E-state index is 1.12. The van der Waals surface area contributed by atoms with Gasteiger partial charge in [0.15, 0.2) is 0 Å². The van der Waals surface area contributed by atoms with E-state index in [1.165, 1.54) is 5.56 Å². The van der Waals surface area contributed by atoms with Crippen LogP contribution in [0.2, 0.25) is 0 Å². The van der Waals surface area contributed by atoms with Gasteiger partial charge in [-0.2, -0.15) is 0 Å². The Balaban J connectivity index is 0.000000354. The molecule has 0 aromatic heterocycles. The first kappa shape index (κ1) is 10.5. The van der Waals surface area contributed by atoms with Gasteiger partial charge in [-0.3, -0.25) is 0 Å². The molecule has 0 aliphatic carbocycles. The number of benzene rings is 1. The topological polar surface area (TPSA) is 0 Å². The summed E-state index contributed by atoms with van der Waals surface area (Å²) >= 11 is 0. The molecular weight excluding hydrogens is 144 g/mol. The summed E-state index contributed by atoms with van der Waals surface area (Å²) in [5.74, 6) is 0. The third kappa shape index (κ3) is 4.32. The van der Waals surface area contributed by atoms with Crippen molar-refractivity contribution >= 4 is 5.57 Å². The second kappa shape index (κ2) is 6.21. The molecule has 12 heavy (non-hydrogen) atoms. The monoisotopic (exact) mass is 158 g/mol. The van der Waals surface area contributed by atoms with Crippen LogP contribution in [0.25, 0.3) is 5.57 Å². The Kier molecular flexibility index (Phi) is 5.42. The van der Waals surface area contributed by atoms with E-state index in [0.29, 0.717) is 0 Å². The Morgan fingerprint density at radius 3 is 1.83 bits per heavy atom. The van der Waals surface area contributed by atoms with Crippen molar-refractivity contribution in [2.45, 2.75) is 6.92 Å². The zero-order valence-electron chi connectivity index (χ0n) is 7.51. The highest BCUT2D eigenvalue weighted by Crippen LogP contribution is 2.08. The quantitative estimate of drug-likeness (QED) is 0.547. The number of allylic oxidation sites excluding steroid dienone is 1. The van der Waals surface area contributed by atoms with E-state index < -0.39 is 0 Å². The molecule has 62 valence electrons. The van der Waals surface area contributed by atoms with E-state index in [1.807, 2.05) is 25.1 Å². The van der Waals surface area contributed by atoms with E-state index >= 15 is 0 Å². The van der Waals surface area contributed by atoms with Crippen molar-refractivity contribution in [2.75, 3.05) is 0 Å². The summed E-state index contributed by atoms with van der Waals surface area (Å²) in [6.45, 7) is 12.1. The third-order valence-corrected chi connectivity index (χ3v) is 1.27. The van der Waals surface area contributed by atoms with Crippen molar-refractivity contribution in [1.29, 1.82) is 0 Å². The van der Waals surface area contributed by atoms with E-state index in [9.17, 15) is 0 Å². The molecule has 0 aliphatic heterocycles. The number of hydrogen-bond donors (Lipinski definition) is 0. The zero-order valence-corrected chi connectivity index (χ0v) is 7.51. The SMILES string of the molecule is C=C(C)c1ccccc1.C=C=C. The summed E-state index contributed by atoms with van der Waals surface area (Å²) < 4.78 is 0. The lowest BCUT2D eigenvalue weighted by Gasteiger charge is -1.94. The normalized spacial score (nSPS) is 7.42. The molecule has 0 heterocycles. The molecule has 0 saturated carbocycles. The van der Waals surface area contributed by atoms with Crippen LogP contribution in [0.15, 0.2) is 55.8 Å². The van der Waals surface area contributed by atoms with Crippen LogP contribution in [0.5, 0.6) is 0 Å². The molecule has 0 saturated heterocycles. The summed E-state index contributed by atoms with van der Waals surface area (Å²) in [6, 6.07) is 10.2. The molecule has 1 aromatic carbocycles. The van der Waals surface area contributed by atoms with E-state index in [1.54, 1.807) is 0 Å². The summed E-state index contributed by atoms with van der Waals surface area (Å²) in [5, 5.41) is 0. The predicted octanol–water partition coefficient (Wildman–Crippen LogP) is 3.68. The molecule has 0 N–H and O–H groups in total. The lowest BCUT2D eigenvalue weighted by atomic mass is 10.1. The minimum absolute atomic E-state index is 1.12. The lowest BCUT2D eigenvalue weighted by Crippen LogP contribution is -1.72. The molecule has 0 atom stereocenters. The van der Waals surface area contributed by atoms with Gasteiger partial charge in [-0.15, -0.1) is 5.73 Å². The predicted molar refractivity (Wildman–Crippen MR) is 55.9 cm³/mol. The molecule has 0 aliphatic rings. The van der Waals surface area contributed by atoms with Crippen molar-refractivity contribution in [3.05, 3.63) is 61.4 Å².